The monoisotopic (exact) mass is 180 g/mol. The summed E-state index contributed by atoms with van der Waals surface area (Å²) in [4.78, 5) is 0. The normalized spacial score (nSPS) is 49.2. The van der Waals surface area contributed by atoms with Crippen LogP contribution >= 0.6 is 0 Å². The zero-order valence-electron chi connectivity index (χ0n) is 6.24. The Kier molecular flexibility index (Phi) is 2.99. The molecule has 0 aromatic heterocycles. The van der Waals surface area contributed by atoms with E-state index >= 15 is 0 Å². The first kappa shape index (κ1) is 9.85. The Morgan fingerprint density at radius 1 is 0.917 bits per heavy atom. The van der Waals surface area contributed by atoms with E-state index in [0.717, 1.165) is 0 Å². The lowest BCUT2D eigenvalue weighted by Crippen LogP contribution is -2.58. The van der Waals surface area contributed by atoms with E-state index < -0.39 is 37.3 Å². The van der Waals surface area contributed by atoms with Gasteiger partial charge in [-0.1, -0.05) is 0 Å². The third-order valence-electron chi connectivity index (χ3n) is 1.87. The van der Waals surface area contributed by atoms with E-state index in [4.69, 9.17) is 25.5 Å². The highest BCUT2D eigenvalue weighted by Gasteiger charge is 2.42. The molecule has 1 saturated heterocycles. The Hall–Kier alpha value is -0.240. The fraction of sp³-hybridized carbons (Fsp3) is 1.00. The molecule has 6 heteroatoms. The molecule has 1 unspecified atom stereocenters. The molecule has 72 valence electrons. The van der Waals surface area contributed by atoms with Crippen molar-refractivity contribution in [2.75, 3.05) is 6.61 Å². The highest BCUT2D eigenvalue weighted by Crippen LogP contribution is 2.18. The molecule has 1 fully saturated rings. The summed E-state index contributed by atoms with van der Waals surface area (Å²) in [6, 6.07) is 0. The minimum absolute atomic E-state index is 0.526. The molecular weight excluding hydrogens is 168 g/mol. The molecule has 12 heavy (non-hydrogen) atoms. The minimum Gasteiger partial charge on any atom is -0.394 e. The average Bonchev–Trinajstić information content (AvgIpc) is 2.08. The highest BCUT2D eigenvalue weighted by molar-refractivity contribution is 4.87. The van der Waals surface area contributed by atoms with Gasteiger partial charge in [-0.2, -0.15) is 0 Å². The quantitative estimate of drug-likeness (QED) is 0.290. The molecule has 0 amide bonds. The van der Waals surface area contributed by atoms with Gasteiger partial charge in [0.1, 0.15) is 24.4 Å². The van der Waals surface area contributed by atoms with E-state index in [0.29, 0.717) is 0 Å². The van der Waals surface area contributed by atoms with E-state index in [9.17, 15) is 0 Å². The van der Waals surface area contributed by atoms with Crippen LogP contribution in [0.2, 0.25) is 0 Å². The van der Waals surface area contributed by atoms with Gasteiger partial charge in [0.25, 0.3) is 0 Å². The van der Waals surface area contributed by atoms with Crippen LogP contribution < -0.4 is 0 Å². The summed E-state index contributed by atoms with van der Waals surface area (Å²) in [5.74, 6) is 0. The second kappa shape index (κ2) is 3.65. The Bertz CT molecular complexity index is 146. The van der Waals surface area contributed by atoms with Crippen molar-refractivity contribution in [3.8, 4) is 0 Å². The Morgan fingerprint density at radius 3 is 2.00 bits per heavy atom. The summed E-state index contributed by atoms with van der Waals surface area (Å²) in [5, 5.41) is 44.7. The van der Waals surface area contributed by atoms with Gasteiger partial charge in [0.05, 0.1) is 6.61 Å². The van der Waals surface area contributed by atoms with E-state index in [-0.39, 0.29) is 0 Å². The molecule has 0 aromatic rings. The first-order chi connectivity index (χ1) is 5.57. The fourth-order valence-electron chi connectivity index (χ4n) is 1.08. The first-order valence-electron chi connectivity index (χ1n) is 3.56. The highest BCUT2D eigenvalue weighted by atomic mass is 16.6. The lowest BCUT2D eigenvalue weighted by molar-refractivity contribution is -0.286. The average molecular weight is 180 g/mol. The van der Waals surface area contributed by atoms with Crippen molar-refractivity contribution in [1.29, 1.82) is 0 Å². The number of hydrogen-bond donors (Lipinski definition) is 5. The van der Waals surface area contributed by atoms with Crippen molar-refractivity contribution in [3.05, 3.63) is 0 Å². The largest absolute Gasteiger partial charge is 0.394 e. The molecule has 1 aliphatic heterocycles. The lowest BCUT2D eigenvalue weighted by Gasteiger charge is -2.37. The molecule has 0 radical (unpaired) electrons. The molecule has 1 heterocycles. The topological polar surface area (TPSA) is 110 Å². The SMILES string of the molecule is O[12CH2][12C@H]1O[12CH](O)[12C@H](O)[12C@@H](O)[12C@@H]1O. The van der Waals surface area contributed by atoms with Gasteiger partial charge in [-0.05, 0) is 0 Å². The fourth-order valence-corrected chi connectivity index (χ4v) is 1.08. The smallest absolute Gasteiger partial charge is 0.184 e. The molecule has 0 spiro atoms. The van der Waals surface area contributed by atoms with Crippen molar-refractivity contribution < 1.29 is 30.3 Å². The molecule has 0 saturated carbocycles. The van der Waals surface area contributed by atoms with E-state index in [1.165, 1.54) is 0 Å². The van der Waals surface area contributed by atoms with Gasteiger partial charge >= 0.3 is 0 Å². The second-order valence-corrected chi connectivity index (χ2v) is 2.72. The van der Waals surface area contributed by atoms with Crippen LogP contribution in [0, 0.1) is 0 Å². The van der Waals surface area contributed by atoms with Crippen LogP contribution in [0.5, 0.6) is 0 Å². The number of aliphatic hydroxyl groups excluding tert-OH is 5. The van der Waals surface area contributed by atoms with Crippen LogP contribution in [0.3, 0.4) is 0 Å². The Labute approximate surface area is 68.6 Å². The summed E-state index contributed by atoms with van der Waals surface area (Å²) in [7, 11) is 0. The van der Waals surface area contributed by atoms with Crippen LogP contribution in [-0.2, 0) is 4.74 Å². The maximum atomic E-state index is 9.12. The van der Waals surface area contributed by atoms with Crippen molar-refractivity contribution in [2.45, 2.75) is 30.7 Å². The van der Waals surface area contributed by atoms with Crippen molar-refractivity contribution in [1.82, 2.24) is 0 Å². The predicted molar refractivity (Wildman–Crippen MR) is 36.0 cm³/mol. The molecule has 6 nitrogen and oxygen atoms in total. The van der Waals surface area contributed by atoms with Crippen LogP contribution in [-0.4, -0.2) is 62.8 Å². The van der Waals surface area contributed by atoms with Gasteiger partial charge < -0.3 is 30.3 Å². The molecule has 0 aromatic carbocycles. The number of ether oxygens (including phenoxy) is 1. The summed E-state index contributed by atoms with van der Waals surface area (Å²) in [5.41, 5.74) is 0. The maximum absolute atomic E-state index is 9.12. The van der Waals surface area contributed by atoms with Gasteiger partial charge in [0.2, 0.25) is 0 Å². The maximum Gasteiger partial charge on any atom is 0.184 e. The summed E-state index contributed by atoms with van der Waals surface area (Å²) in [6.45, 7) is -0.526. The lowest BCUT2D eigenvalue weighted by atomic mass is 9.98. The zero-order valence-corrected chi connectivity index (χ0v) is 6.24. The zero-order chi connectivity index (χ0) is 9.30. The van der Waals surface area contributed by atoms with Crippen molar-refractivity contribution in [2.24, 2.45) is 0 Å². The number of rotatable bonds is 1. The minimum atomic E-state index is -1.57. The van der Waals surface area contributed by atoms with Crippen LogP contribution in [0.4, 0.5) is 0 Å². The molecule has 0 bridgehead atoms. The number of hydrogen-bond acceptors (Lipinski definition) is 6. The summed E-state index contributed by atoms with van der Waals surface area (Å²) in [6.07, 6.45) is -7.04. The van der Waals surface area contributed by atoms with Gasteiger partial charge in [0, 0.05) is 0 Å². The van der Waals surface area contributed by atoms with Gasteiger partial charge in [-0.3, -0.25) is 0 Å². The van der Waals surface area contributed by atoms with Gasteiger partial charge in [-0.25, -0.2) is 0 Å². The van der Waals surface area contributed by atoms with Crippen molar-refractivity contribution in [3.63, 3.8) is 0 Å². The standard InChI is InChI=1S/C6H12O6/c7-1-2-3(8)4(9)5(10)6(11)12-2/h2-11H,1H2/t2-,3-,4+,5-,6?/m1/s1/i1+0,2+0,3+0,4+0,5+0,6+0. The first-order valence-corrected chi connectivity index (χ1v) is 3.56. The van der Waals surface area contributed by atoms with Crippen LogP contribution in [0.15, 0.2) is 0 Å². The third kappa shape index (κ3) is 1.58. The van der Waals surface area contributed by atoms with Crippen LogP contribution in [0.25, 0.3) is 0 Å². The van der Waals surface area contributed by atoms with E-state index in [2.05, 4.69) is 4.74 Å². The molecule has 1 aliphatic rings. The Balaban J connectivity index is 2.63. The molecular formula is C6H12O6. The molecule has 5 atom stereocenters. The predicted octanol–water partition coefficient (Wildman–Crippen LogP) is -3.22. The van der Waals surface area contributed by atoms with Gasteiger partial charge in [-0.15, -0.1) is 0 Å². The number of aliphatic hydroxyl groups is 5. The summed E-state index contributed by atoms with van der Waals surface area (Å²) < 4.78 is 4.58. The van der Waals surface area contributed by atoms with E-state index in [1.54, 1.807) is 0 Å². The Morgan fingerprint density at radius 2 is 1.50 bits per heavy atom. The van der Waals surface area contributed by atoms with Gasteiger partial charge in [0.15, 0.2) is 6.29 Å². The van der Waals surface area contributed by atoms with Crippen LogP contribution in [0.1, 0.15) is 0 Å². The van der Waals surface area contributed by atoms with E-state index in [1.807, 2.05) is 0 Å². The molecule has 1 rings (SSSR count). The second-order valence-electron chi connectivity index (χ2n) is 2.72. The summed E-state index contributed by atoms with van der Waals surface area (Å²) >= 11 is 0. The van der Waals surface area contributed by atoms with Crippen molar-refractivity contribution >= 4 is 0 Å². The molecule has 5 N–H and O–H groups in total. The molecule has 0 aliphatic carbocycles. The third-order valence-corrected chi connectivity index (χ3v) is 1.87.